The van der Waals surface area contributed by atoms with Gasteiger partial charge in [0.05, 0.1) is 4.92 Å². The Kier molecular flexibility index (Phi) is 3.78. The van der Waals surface area contributed by atoms with Crippen LogP contribution in [0.2, 0.25) is 0 Å². The average molecular weight is 269 g/mol. The van der Waals surface area contributed by atoms with Crippen molar-refractivity contribution in [2.45, 2.75) is 11.8 Å². The Hall–Kier alpha value is -1.67. The zero-order valence-corrected chi connectivity index (χ0v) is 10.4. The highest BCUT2D eigenvalue weighted by Gasteiger charge is 2.19. The van der Waals surface area contributed by atoms with Crippen LogP contribution in [0.1, 0.15) is 6.92 Å². The van der Waals surface area contributed by atoms with E-state index in [0.29, 0.717) is 11.3 Å². The van der Waals surface area contributed by atoms with Crippen LogP contribution < -0.4 is 0 Å². The SMILES string of the molecule is CC(CO)CSc1ccc([N+](=O)[O-])c2nonc12. The molecule has 1 unspecified atom stereocenters. The molecule has 2 rings (SSSR count). The Morgan fingerprint density at radius 3 is 2.89 bits per heavy atom. The molecule has 0 bridgehead atoms. The lowest BCUT2D eigenvalue weighted by Crippen LogP contribution is -2.03. The van der Waals surface area contributed by atoms with Crippen molar-refractivity contribution < 1.29 is 14.7 Å². The maximum atomic E-state index is 10.8. The molecule has 2 aromatic rings. The second kappa shape index (κ2) is 5.32. The highest BCUT2D eigenvalue weighted by molar-refractivity contribution is 7.99. The Labute approximate surface area is 106 Å². The lowest BCUT2D eigenvalue weighted by atomic mass is 10.2. The third-order valence-electron chi connectivity index (χ3n) is 2.39. The van der Waals surface area contributed by atoms with Gasteiger partial charge in [-0.05, 0) is 22.3 Å². The fourth-order valence-corrected chi connectivity index (χ4v) is 2.38. The van der Waals surface area contributed by atoms with Gasteiger partial charge in [-0.25, -0.2) is 4.63 Å². The number of aliphatic hydroxyl groups is 1. The molecule has 0 fully saturated rings. The first-order valence-electron chi connectivity index (χ1n) is 5.26. The smallest absolute Gasteiger partial charge is 0.300 e. The molecule has 0 aliphatic heterocycles. The van der Waals surface area contributed by atoms with Crippen LogP contribution in [-0.2, 0) is 0 Å². The maximum Gasteiger partial charge on any atom is 0.300 e. The maximum absolute atomic E-state index is 10.8. The topological polar surface area (TPSA) is 102 Å². The average Bonchev–Trinajstić information content (AvgIpc) is 2.84. The van der Waals surface area contributed by atoms with Crippen LogP contribution >= 0.6 is 11.8 Å². The van der Waals surface area contributed by atoms with Crippen molar-refractivity contribution in [1.82, 2.24) is 10.3 Å². The van der Waals surface area contributed by atoms with E-state index in [1.165, 1.54) is 17.8 Å². The van der Waals surface area contributed by atoms with E-state index in [9.17, 15) is 10.1 Å². The van der Waals surface area contributed by atoms with Crippen molar-refractivity contribution in [1.29, 1.82) is 0 Å². The van der Waals surface area contributed by atoms with Crippen LogP contribution in [0, 0.1) is 16.0 Å². The molecule has 1 aromatic carbocycles. The van der Waals surface area contributed by atoms with Crippen molar-refractivity contribution >= 4 is 28.5 Å². The minimum atomic E-state index is -0.517. The van der Waals surface area contributed by atoms with Crippen LogP contribution in [0.5, 0.6) is 0 Å². The van der Waals surface area contributed by atoms with E-state index in [1.807, 2.05) is 6.92 Å². The predicted molar refractivity (Wildman–Crippen MR) is 65.4 cm³/mol. The summed E-state index contributed by atoms with van der Waals surface area (Å²) >= 11 is 1.46. The standard InChI is InChI=1S/C10H11N3O4S/c1-6(4-14)5-18-8-3-2-7(13(15)16)9-10(8)12-17-11-9/h2-3,6,14H,4-5H2,1H3. The minimum absolute atomic E-state index is 0.0974. The molecule has 1 atom stereocenters. The van der Waals surface area contributed by atoms with Crippen molar-refractivity contribution in [3.8, 4) is 0 Å². The van der Waals surface area contributed by atoms with E-state index < -0.39 is 4.92 Å². The molecule has 1 aromatic heterocycles. The van der Waals surface area contributed by atoms with Crippen molar-refractivity contribution in [2.75, 3.05) is 12.4 Å². The van der Waals surface area contributed by atoms with E-state index in [4.69, 9.17) is 5.11 Å². The first-order chi connectivity index (χ1) is 8.63. The molecule has 1 heterocycles. The Morgan fingerprint density at radius 2 is 2.22 bits per heavy atom. The van der Waals surface area contributed by atoms with Crippen LogP contribution in [0.4, 0.5) is 5.69 Å². The summed E-state index contributed by atoms with van der Waals surface area (Å²) in [5, 5.41) is 27.0. The molecular weight excluding hydrogens is 258 g/mol. The van der Waals surface area contributed by atoms with Crippen LogP contribution in [0.25, 0.3) is 11.0 Å². The number of fused-ring (bicyclic) bond motifs is 1. The molecular formula is C10H11N3O4S. The number of hydrogen-bond donors (Lipinski definition) is 1. The van der Waals surface area contributed by atoms with Crippen LogP contribution in [0.3, 0.4) is 0 Å². The number of non-ortho nitro benzene ring substituents is 1. The lowest BCUT2D eigenvalue weighted by Gasteiger charge is -2.06. The first kappa shape index (κ1) is 12.8. The van der Waals surface area contributed by atoms with Crippen molar-refractivity contribution in [3.63, 3.8) is 0 Å². The normalized spacial score (nSPS) is 12.8. The van der Waals surface area contributed by atoms with Gasteiger partial charge in [0, 0.05) is 23.3 Å². The van der Waals surface area contributed by atoms with E-state index >= 15 is 0 Å². The molecule has 0 aliphatic carbocycles. The summed E-state index contributed by atoms with van der Waals surface area (Å²) in [5.74, 6) is 0.830. The van der Waals surface area contributed by atoms with Gasteiger partial charge < -0.3 is 5.11 Å². The third kappa shape index (κ3) is 2.44. The largest absolute Gasteiger partial charge is 0.396 e. The number of hydrogen-bond acceptors (Lipinski definition) is 7. The molecule has 0 aliphatic rings. The molecule has 1 N–H and O–H groups in total. The number of rotatable bonds is 5. The van der Waals surface area contributed by atoms with Gasteiger partial charge in [0.2, 0.25) is 5.52 Å². The lowest BCUT2D eigenvalue weighted by molar-refractivity contribution is -0.383. The number of aliphatic hydroxyl groups excluding tert-OH is 1. The van der Waals surface area contributed by atoms with Crippen molar-refractivity contribution in [2.24, 2.45) is 5.92 Å². The highest BCUT2D eigenvalue weighted by Crippen LogP contribution is 2.32. The molecule has 8 heteroatoms. The number of thioether (sulfide) groups is 1. The second-order valence-corrected chi connectivity index (χ2v) is 4.96. The number of nitro groups is 1. The van der Waals surface area contributed by atoms with Crippen molar-refractivity contribution in [3.05, 3.63) is 22.2 Å². The molecule has 18 heavy (non-hydrogen) atoms. The van der Waals surface area contributed by atoms with Gasteiger partial charge in [0.15, 0.2) is 5.52 Å². The van der Waals surface area contributed by atoms with E-state index in [1.54, 1.807) is 6.07 Å². The molecule has 7 nitrogen and oxygen atoms in total. The van der Waals surface area contributed by atoms with E-state index in [0.717, 1.165) is 4.90 Å². The fourth-order valence-electron chi connectivity index (χ4n) is 1.38. The monoisotopic (exact) mass is 269 g/mol. The summed E-state index contributed by atoms with van der Waals surface area (Å²) in [6.45, 7) is 2.01. The van der Waals surface area contributed by atoms with Crippen LogP contribution in [0.15, 0.2) is 21.7 Å². The summed E-state index contributed by atoms with van der Waals surface area (Å²) < 4.78 is 4.56. The van der Waals surface area contributed by atoms with Crippen LogP contribution in [-0.4, -0.2) is 32.7 Å². The summed E-state index contributed by atoms with van der Waals surface area (Å²) in [6.07, 6.45) is 0. The molecule has 0 radical (unpaired) electrons. The number of benzene rings is 1. The quantitative estimate of drug-likeness (QED) is 0.502. The Balaban J connectivity index is 2.33. The van der Waals surface area contributed by atoms with E-state index in [-0.39, 0.29) is 23.7 Å². The second-order valence-electron chi connectivity index (χ2n) is 3.90. The van der Waals surface area contributed by atoms with Gasteiger partial charge in [-0.1, -0.05) is 6.92 Å². The minimum Gasteiger partial charge on any atom is -0.396 e. The zero-order valence-electron chi connectivity index (χ0n) is 9.57. The van der Waals surface area contributed by atoms with Gasteiger partial charge >= 0.3 is 5.69 Å². The predicted octanol–water partition coefficient (Wildman–Crippen LogP) is 1.85. The van der Waals surface area contributed by atoms with Gasteiger partial charge in [0.1, 0.15) is 0 Å². The van der Waals surface area contributed by atoms with Gasteiger partial charge in [-0.3, -0.25) is 10.1 Å². The highest BCUT2D eigenvalue weighted by atomic mass is 32.2. The molecule has 96 valence electrons. The summed E-state index contributed by atoms with van der Waals surface area (Å²) in [7, 11) is 0. The van der Waals surface area contributed by atoms with E-state index in [2.05, 4.69) is 14.9 Å². The van der Waals surface area contributed by atoms with Gasteiger partial charge in [-0.15, -0.1) is 11.8 Å². The van der Waals surface area contributed by atoms with Gasteiger partial charge in [0.25, 0.3) is 0 Å². The number of nitro benzene ring substituents is 1. The summed E-state index contributed by atoms with van der Waals surface area (Å²) in [5.41, 5.74) is 0.423. The fraction of sp³-hybridized carbons (Fsp3) is 0.400. The first-order valence-corrected chi connectivity index (χ1v) is 6.25. The molecule has 0 spiro atoms. The summed E-state index contributed by atoms with van der Waals surface area (Å²) in [6, 6.07) is 3.01. The molecule has 0 amide bonds. The molecule has 0 saturated heterocycles. The number of aromatic nitrogens is 2. The molecule has 0 saturated carbocycles. The van der Waals surface area contributed by atoms with Gasteiger partial charge in [-0.2, -0.15) is 0 Å². The Morgan fingerprint density at radius 1 is 1.50 bits per heavy atom. The summed E-state index contributed by atoms with van der Waals surface area (Å²) in [4.78, 5) is 11.0. The third-order valence-corrected chi connectivity index (χ3v) is 3.76. The number of nitrogens with zero attached hydrogens (tertiary/aromatic N) is 3. The Bertz CT molecular complexity index is 571. The zero-order chi connectivity index (χ0) is 13.1.